The summed E-state index contributed by atoms with van der Waals surface area (Å²) in [4.78, 5) is 43.8. The fourth-order valence-electron chi connectivity index (χ4n) is 3.76. The van der Waals surface area contributed by atoms with Gasteiger partial charge in [0.1, 0.15) is 5.70 Å². The number of nitrogens with one attached hydrogen (secondary N) is 1. The molecule has 0 atom stereocenters. The van der Waals surface area contributed by atoms with Crippen LogP contribution in [0.1, 0.15) is 42.3 Å². The second-order valence-corrected chi connectivity index (χ2v) is 10.5. The van der Waals surface area contributed by atoms with Gasteiger partial charge in [-0.05, 0) is 46.9 Å². The first-order valence-electron chi connectivity index (χ1n) is 11.8. The maximum atomic E-state index is 13.4. The van der Waals surface area contributed by atoms with E-state index in [9.17, 15) is 14.4 Å². The first kappa shape index (κ1) is 25.9. The van der Waals surface area contributed by atoms with Crippen LogP contribution in [0.4, 0.5) is 11.4 Å². The van der Waals surface area contributed by atoms with Crippen molar-refractivity contribution in [2.45, 2.75) is 26.2 Å². The summed E-state index contributed by atoms with van der Waals surface area (Å²) in [6, 6.07) is 23.8. The molecule has 3 aromatic carbocycles. The van der Waals surface area contributed by atoms with Gasteiger partial charge < -0.3 is 11.1 Å². The van der Waals surface area contributed by atoms with Crippen molar-refractivity contribution in [2.75, 3.05) is 16.0 Å². The van der Waals surface area contributed by atoms with Crippen LogP contribution in [0, 0.1) is 0 Å². The zero-order chi connectivity index (χ0) is 26.6. The predicted octanol–water partition coefficient (Wildman–Crippen LogP) is 5.20. The van der Waals surface area contributed by atoms with Crippen LogP contribution in [0.2, 0.25) is 0 Å². The first-order valence-corrected chi connectivity index (χ1v) is 12.7. The Balaban J connectivity index is 1.56. The molecule has 37 heavy (non-hydrogen) atoms. The van der Waals surface area contributed by atoms with Gasteiger partial charge in [-0.15, -0.1) is 0 Å². The third-order valence-electron chi connectivity index (χ3n) is 5.72. The number of thioether (sulfide) groups is 1. The Kier molecular flexibility index (Phi) is 7.59. The lowest BCUT2D eigenvalue weighted by atomic mass is 9.87. The molecule has 0 aromatic heterocycles. The summed E-state index contributed by atoms with van der Waals surface area (Å²) in [5.74, 6) is -1.27. The number of benzene rings is 3. The Morgan fingerprint density at radius 1 is 0.973 bits per heavy atom. The molecule has 0 saturated carbocycles. The number of primary amides is 1. The number of hydrogen-bond donors (Lipinski definition) is 2. The van der Waals surface area contributed by atoms with E-state index < -0.39 is 5.91 Å². The van der Waals surface area contributed by atoms with Crippen LogP contribution in [-0.4, -0.2) is 28.6 Å². The molecule has 188 valence electrons. The van der Waals surface area contributed by atoms with Crippen molar-refractivity contribution in [3.63, 3.8) is 0 Å². The van der Waals surface area contributed by atoms with Gasteiger partial charge in [-0.25, -0.2) is 4.99 Å². The van der Waals surface area contributed by atoms with Gasteiger partial charge >= 0.3 is 0 Å². The van der Waals surface area contributed by atoms with E-state index in [0.29, 0.717) is 16.5 Å². The van der Waals surface area contributed by atoms with Crippen molar-refractivity contribution < 1.29 is 14.4 Å². The number of hydrogen-bond acceptors (Lipinski definition) is 5. The molecular formula is C29H28N4O3S. The molecule has 0 saturated heterocycles. The van der Waals surface area contributed by atoms with Gasteiger partial charge in [-0.2, -0.15) is 0 Å². The van der Waals surface area contributed by atoms with E-state index in [1.807, 2.05) is 42.5 Å². The summed E-state index contributed by atoms with van der Waals surface area (Å²) < 4.78 is 0. The quantitative estimate of drug-likeness (QED) is 0.443. The van der Waals surface area contributed by atoms with Crippen LogP contribution in [0.3, 0.4) is 0 Å². The molecule has 0 bridgehead atoms. The van der Waals surface area contributed by atoms with Crippen molar-refractivity contribution >= 4 is 52.1 Å². The molecule has 8 heteroatoms. The Hall–Kier alpha value is -4.17. The molecule has 0 radical (unpaired) electrons. The molecule has 0 unspecified atom stereocenters. The van der Waals surface area contributed by atoms with Gasteiger partial charge in [0.2, 0.25) is 5.91 Å². The molecule has 3 N–H and O–H groups in total. The summed E-state index contributed by atoms with van der Waals surface area (Å²) in [5, 5.41) is 3.11. The van der Waals surface area contributed by atoms with E-state index in [-0.39, 0.29) is 34.2 Å². The molecule has 3 aromatic rings. The van der Waals surface area contributed by atoms with E-state index >= 15 is 0 Å². The summed E-state index contributed by atoms with van der Waals surface area (Å²) in [6.45, 7) is 6.44. The highest BCUT2D eigenvalue weighted by atomic mass is 32.2. The van der Waals surface area contributed by atoms with Crippen LogP contribution in [0.15, 0.2) is 89.6 Å². The van der Waals surface area contributed by atoms with Crippen LogP contribution >= 0.6 is 11.8 Å². The van der Waals surface area contributed by atoms with Gasteiger partial charge in [-0.3, -0.25) is 19.3 Å². The SMILES string of the molecule is CC(C)(C)c1ccc(/C=C2/N=C(SCC(=O)Nc3ccccc3C(N)=O)N(c3ccccc3)C2=O)cc1. The normalized spacial score (nSPS) is 14.6. The summed E-state index contributed by atoms with van der Waals surface area (Å²) >= 11 is 1.14. The van der Waals surface area contributed by atoms with Crippen molar-refractivity contribution in [3.8, 4) is 0 Å². The third-order valence-corrected chi connectivity index (χ3v) is 6.66. The molecular weight excluding hydrogens is 484 g/mol. The smallest absolute Gasteiger partial charge is 0.283 e. The standard InChI is InChI=1S/C29H28N4O3S/c1-29(2,3)20-15-13-19(14-16-20)17-24-27(36)33(21-9-5-4-6-10-21)28(32-24)37-18-25(34)31-23-12-8-7-11-22(23)26(30)35/h4-17H,18H2,1-3H3,(H2,30,35)(H,31,34)/b24-17+. The maximum Gasteiger partial charge on any atom is 0.283 e. The fourth-order valence-corrected chi connectivity index (χ4v) is 4.57. The van der Waals surface area contributed by atoms with Crippen molar-refractivity contribution in [1.29, 1.82) is 0 Å². The number of carbonyl (C=O) groups is 3. The van der Waals surface area contributed by atoms with Crippen LogP contribution in [-0.2, 0) is 15.0 Å². The second kappa shape index (κ2) is 10.8. The molecule has 0 spiro atoms. The van der Waals surface area contributed by atoms with Gasteiger partial charge in [0.25, 0.3) is 11.8 Å². The van der Waals surface area contributed by atoms with Crippen LogP contribution in [0.5, 0.6) is 0 Å². The molecule has 1 aliphatic rings. The molecule has 1 aliphatic heterocycles. The number of para-hydroxylation sites is 2. The average molecular weight is 513 g/mol. The summed E-state index contributed by atoms with van der Waals surface area (Å²) in [6.07, 6.45) is 1.75. The lowest BCUT2D eigenvalue weighted by Crippen LogP contribution is -2.31. The van der Waals surface area contributed by atoms with Crippen LogP contribution < -0.4 is 16.0 Å². The minimum atomic E-state index is -0.630. The number of rotatable bonds is 6. The van der Waals surface area contributed by atoms with Gasteiger partial charge in [0, 0.05) is 0 Å². The molecule has 4 rings (SSSR count). The summed E-state index contributed by atoms with van der Waals surface area (Å²) in [5.41, 5.74) is 9.00. The largest absolute Gasteiger partial charge is 0.366 e. The second-order valence-electron chi connectivity index (χ2n) is 9.52. The van der Waals surface area contributed by atoms with E-state index in [0.717, 1.165) is 17.3 Å². The van der Waals surface area contributed by atoms with Crippen molar-refractivity contribution in [3.05, 3.63) is 101 Å². The average Bonchev–Trinajstić information content (AvgIpc) is 3.18. The zero-order valence-electron chi connectivity index (χ0n) is 20.9. The number of anilines is 2. The number of carbonyl (C=O) groups excluding carboxylic acids is 3. The Labute approximate surface area is 220 Å². The van der Waals surface area contributed by atoms with E-state index in [4.69, 9.17) is 5.73 Å². The van der Waals surface area contributed by atoms with E-state index in [1.165, 1.54) is 10.5 Å². The monoisotopic (exact) mass is 512 g/mol. The van der Waals surface area contributed by atoms with E-state index in [2.05, 4.69) is 43.2 Å². The number of nitrogens with zero attached hydrogens (tertiary/aromatic N) is 2. The molecule has 0 fully saturated rings. The third kappa shape index (κ3) is 6.16. The lowest BCUT2D eigenvalue weighted by Gasteiger charge is -2.18. The molecule has 1 heterocycles. The highest BCUT2D eigenvalue weighted by Crippen LogP contribution is 2.30. The van der Waals surface area contributed by atoms with Gasteiger partial charge in [0.15, 0.2) is 5.17 Å². The predicted molar refractivity (Wildman–Crippen MR) is 151 cm³/mol. The van der Waals surface area contributed by atoms with Crippen molar-refractivity contribution in [1.82, 2.24) is 0 Å². The Morgan fingerprint density at radius 2 is 1.62 bits per heavy atom. The fraction of sp³-hybridized carbons (Fsp3) is 0.172. The Morgan fingerprint density at radius 3 is 2.27 bits per heavy atom. The summed E-state index contributed by atoms with van der Waals surface area (Å²) in [7, 11) is 0. The lowest BCUT2D eigenvalue weighted by molar-refractivity contribution is -0.114. The zero-order valence-corrected chi connectivity index (χ0v) is 21.7. The topological polar surface area (TPSA) is 105 Å². The maximum absolute atomic E-state index is 13.4. The van der Waals surface area contributed by atoms with E-state index in [1.54, 1.807) is 30.3 Å². The molecule has 7 nitrogen and oxygen atoms in total. The minimum Gasteiger partial charge on any atom is -0.366 e. The molecule has 3 amide bonds. The van der Waals surface area contributed by atoms with Gasteiger partial charge in [0.05, 0.1) is 22.7 Å². The van der Waals surface area contributed by atoms with Gasteiger partial charge in [-0.1, -0.05) is 87.1 Å². The highest BCUT2D eigenvalue weighted by molar-refractivity contribution is 8.14. The number of amidine groups is 1. The minimum absolute atomic E-state index is 0.0178. The highest BCUT2D eigenvalue weighted by Gasteiger charge is 2.32. The van der Waals surface area contributed by atoms with Crippen LogP contribution in [0.25, 0.3) is 6.08 Å². The Bertz CT molecular complexity index is 1390. The van der Waals surface area contributed by atoms with Crippen molar-refractivity contribution in [2.24, 2.45) is 10.7 Å². The number of amides is 3. The number of nitrogens with two attached hydrogens (primary N) is 1. The first-order chi connectivity index (χ1) is 17.6. The number of aliphatic imine (C=N–C) groups is 1. The molecule has 0 aliphatic carbocycles.